The molecular weight excluding hydrogens is 352 g/mol. The van der Waals surface area contributed by atoms with Crippen LogP contribution < -0.4 is 15.5 Å². The number of aryl methyl sites for hydroxylation is 1. The molecule has 6 amide bonds. The molecule has 2 fully saturated rings. The van der Waals surface area contributed by atoms with Gasteiger partial charge in [-0.15, -0.1) is 0 Å². The van der Waals surface area contributed by atoms with Crippen LogP contribution in [0.2, 0.25) is 0 Å². The van der Waals surface area contributed by atoms with Crippen molar-refractivity contribution in [3.8, 4) is 0 Å². The van der Waals surface area contributed by atoms with Gasteiger partial charge >= 0.3 is 6.03 Å². The Kier molecular flexibility index (Phi) is 5.20. The number of likely N-dealkylation sites (tertiary alicyclic amines) is 1. The molecule has 2 aliphatic rings. The molecule has 2 saturated heterocycles. The number of carbonyl (C=O) groups is 5. The van der Waals surface area contributed by atoms with Gasteiger partial charge in [0.15, 0.2) is 0 Å². The van der Waals surface area contributed by atoms with E-state index in [2.05, 4.69) is 10.6 Å². The summed E-state index contributed by atoms with van der Waals surface area (Å²) >= 11 is 0. The van der Waals surface area contributed by atoms with E-state index in [-0.39, 0.29) is 56.0 Å². The minimum Gasteiger partial charge on any atom is -0.328 e. The third kappa shape index (κ3) is 3.97. The van der Waals surface area contributed by atoms with Crippen LogP contribution in [0.15, 0.2) is 18.2 Å². The summed E-state index contributed by atoms with van der Waals surface area (Å²) in [4.78, 5) is 61.2. The molecule has 9 nitrogen and oxygen atoms in total. The Morgan fingerprint density at radius 2 is 1.81 bits per heavy atom. The summed E-state index contributed by atoms with van der Waals surface area (Å²) in [6.07, 6.45) is 0.985. The molecule has 142 valence electrons. The summed E-state index contributed by atoms with van der Waals surface area (Å²) in [7, 11) is 0. The van der Waals surface area contributed by atoms with Crippen molar-refractivity contribution in [2.45, 2.75) is 32.6 Å². The van der Waals surface area contributed by atoms with Crippen molar-refractivity contribution in [1.29, 1.82) is 0 Å². The van der Waals surface area contributed by atoms with Gasteiger partial charge in [-0.25, -0.2) is 9.69 Å². The van der Waals surface area contributed by atoms with Crippen LogP contribution in [-0.4, -0.2) is 47.6 Å². The topological polar surface area (TPSA) is 116 Å². The van der Waals surface area contributed by atoms with E-state index >= 15 is 0 Å². The number of hydrogen-bond donors (Lipinski definition) is 2. The standard InChI is InChI=1S/C18H20N4O5/c1-11-4-5-12(9-13(11)22-17(26)10-19-18(22)27)20-14(23)3-2-8-21-15(24)6-7-16(21)25/h4-5,9H,2-3,6-8,10H2,1H3,(H,19,27)(H,20,23). The van der Waals surface area contributed by atoms with Crippen molar-refractivity contribution in [3.05, 3.63) is 23.8 Å². The molecule has 0 unspecified atom stereocenters. The Bertz CT molecular complexity index is 803. The molecular formula is C18H20N4O5. The highest BCUT2D eigenvalue weighted by atomic mass is 16.2. The van der Waals surface area contributed by atoms with Crippen LogP contribution in [0.1, 0.15) is 31.2 Å². The molecule has 0 aromatic heterocycles. The van der Waals surface area contributed by atoms with Gasteiger partial charge in [0, 0.05) is 31.5 Å². The average Bonchev–Trinajstić information content (AvgIpc) is 3.12. The molecule has 2 heterocycles. The van der Waals surface area contributed by atoms with Crippen LogP contribution in [0.3, 0.4) is 0 Å². The number of rotatable bonds is 6. The Hall–Kier alpha value is -3.23. The maximum Gasteiger partial charge on any atom is 0.329 e. The van der Waals surface area contributed by atoms with Crippen molar-refractivity contribution in [3.63, 3.8) is 0 Å². The van der Waals surface area contributed by atoms with E-state index in [0.717, 1.165) is 10.5 Å². The monoisotopic (exact) mass is 372 g/mol. The highest BCUT2D eigenvalue weighted by molar-refractivity contribution is 6.20. The van der Waals surface area contributed by atoms with Crippen molar-refractivity contribution in [2.75, 3.05) is 23.3 Å². The minimum atomic E-state index is -0.494. The van der Waals surface area contributed by atoms with Gasteiger partial charge in [0.05, 0.1) is 12.2 Å². The second kappa shape index (κ2) is 7.56. The lowest BCUT2D eigenvalue weighted by atomic mass is 10.1. The molecule has 0 atom stereocenters. The fourth-order valence-corrected chi connectivity index (χ4v) is 3.09. The van der Waals surface area contributed by atoms with E-state index in [1.165, 1.54) is 4.90 Å². The summed E-state index contributed by atoms with van der Waals surface area (Å²) in [5.41, 5.74) is 1.60. The van der Waals surface area contributed by atoms with E-state index in [1.807, 2.05) is 0 Å². The zero-order chi connectivity index (χ0) is 19.6. The first-order chi connectivity index (χ1) is 12.9. The SMILES string of the molecule is Cc1ccc(NC(=O)CCCN2C(=O)CCC2=O)cc1N1C(=O)CNC1=O. The molecule has 3 rings (SSSR count). The van der Waals surface area contributed by atoms with Gasteiger partial charge in [0.1, 0.15) is 0 Å². The summed E-state index contributed by atoms with van der Waals surface area (Å²) in [6.45, 7) is 1.94. The number of benzene rings is 1. The van der Waals surface area contributed by atoms with Crippen LogP contribution in [0.25, 0.3) is 0 Å². The van der Waals surface area contributed by atoms with Gasteiger partial charge in [0.25, 0.3) is 5.91 Å². The first-order valence-electron chi connectivity index (χ1n) is 8.71. The van der Waals surface area contributed by atoms with Crippen molar-refractivity contribution < 1.29 is 24.0 Å². The van der Waals surface area contributed by atoms with Gasteiger partial charge in [-0.3, -0.25) is 24.1 Å². The van der Waals surface area contributed by atoms with Crippen LogP contribution in [0, 0.1) is 6.92 Å². The minimum absolute atomic E-state index is 0.0528. The fraction of sp³-hybridized carbons (Fsp3) is 0.389. The van der Waals surface area contributed by atoms with E-state index in [1.54, 1.807) is 25.1 Å². The van der Waals surface area contributed by atoms with Crippen LogP contribution in [0.5, 0.6) is 0 Å². The largest absolute Gasteiger partial charge is 0.329 e. The van der Waals surface area contributed by atoms with Gasteiger partial charge < -0.3 is 10.6 Å². The predicted octanol–water partition coefficient (Wildman–Crippen LogP) is 0.919. The smallest absolute Gasteiger partial charge is 0.328 e. The first-order valence-corrected chi connectivity index (χ1v) is 8.71. The molecule has 0 aliphatic carbocycles. The van der Waals surface area contributed by atoms with Gasteiger partial charge in [-0.05, 0) is 31.0 Å². The molecule has 0 bridgehead atoms. The lowest BCUT2D eigenvalue weighted by molar-refractivity contribution is -0.138. The summed E-state index contributed by atoms with van der Waals surface area (Å²) < 4.78 is 0. The van der Waals surface area contributed by atoms with E-state index in [4.69, 9.17) is 0 Å². The van der Waals surface area contributed by atoms with Crippen LogP contribution >= 0.6 is 0 Å². The van der Waals surface area contributed by atoms with Crippen molar-refractivity contribution in [1.82, 2.24) is 10.2 Å². The molecule has 9 heteroatoms. The molecule has 2 aliphatic heterocycles. The maximum atomic E-state index is 12.1. The Labute approximate surface area is 155 Å². The van der Waals surface area contributed by atoms with Gasteiger partial charge in [0.2, 0.25) is 17.7 Å². The normalized spacial score (nSPS) is 16.9. The Balaban J connectivity index is 1.59. The van der Waals surface area contributed by atoms with Crippen molar-refractivity contribution >= 4 is 41.0 Å². The summed E-state index contributed by atoms with van der Waals surface area (Å²) in [5.74, 6) is -1.03. The van der Waals surface area contributed by atoms with E-state index in [0.29, 0.717) is 17.8 Å². The number of carbonyl (C=O) groups excluding carboxylic acids is 5. The zero-order valence-electron chi connectivity index (χ0n) is 14.9. The quantitative estimate of drug-likeness (QED) is 0.569. The molecule has 27 heavy (non-hydrogen) atoms. The lowest BCUT2D eigenvalue weighted by Crippen LogP contribution is -2.31. The van der Waals surface area contributed by atoms with Gasteiger partial charge in [-0.2, -0.15) is 0 Å². The lowest BCUT2D eigenvalue weighted by Gasteiger charge is -2.17. The number of urea groups is 1. The zero-order valence-corrected chi connectivity index (χ0v) is 14.9. The molecule has 0 spiro atoms. The molecule has 0 saturated carbocycles. The number of nitrogens with one attached hydrogen (secondary N) is 2. The second-order valence-electron chi connectivity index (χ2n) is 6.48. The predicted molar refractivity (Wildman–Crippen MR) is 95.9 cm³/mol. The molecule has 2 N–H and O–H groups in total. The maximum absolute atomic E-state index is 12.1. The number of hydrogen-bond acceptors (Lipinski definition) is 5. The van der Waals surface area contributed by atoms with Crippen molar-refractivity contribution in [2.24, 2.45) is 0 Å². The number of amides is 6. The molecule has 1 aromatic carbocycles. The summed E-state index contributed by atoms with van der Waals surface area (Å²) in [6, 6.07) is 4.48. The van der Waals surface area contributed by atoms with E-state index < -0.39 is 6.03 Å². The number of anilines is 2. The van der Waals surface area contributed by atoms with Crippen LogP contribution in [0.4, 0.5) is 16.2 Å². The Morgan fingerprint density at radius 1 is 1.11 bits per heavy atom. The number of imide groups is 2. The third-order valence-corrected chi connectivity index (χ3v) is 4.52. The average molecular weight is 372 g/mol. The number of nitrogens with zero attached hydrogens (tertiary/aromatic N) is 2. The highest BCUT2D eigenvalue weighted by Crippen LogP contribution is 2.26. The first kappa shape index (κ1) is 18.6. The third-order valence-electron chi connectivity index (χ3n) is 4.52. The van der Waals surface area contributed by atoms with E-state index in [9.17, 15) is 24.0 Å². The van der Waals surface area contributed by atoms with Crippen LogP contribution in [-0.2, 0) is 19.2 Å². The molecule has 0 radical (unpaired) electrons. The second-order valence-corrected chi connectivity index (χ2v) is 6.48. The highest BCUT2D eigenvalue weighted by Gasteiger charge is 2.31. The molecule has 1 aromatic rings. The van der Waals surface area contributed by atoms with Gasteiger partial charge in [-0.1, -0.05) is 6.07 Å². The fourth-order valence-electron chi connectivity index (χ4n) is 3.09. The Morgan fingerprint density at radius 3 is 2.44 bits per heavy atom. The summed E-state index contributed by atoms with van der Waals surface area (Å²) in [5, 5.41) is 5.17.